The third-order valence-electron chi connectivity index (χ3n) is 3.41. The molecule has 0 aliphatic carbocycles. The van der Waals surface area contributed by atoms with Gasteiger partial charge in [0.05, 0.1) is 26.8 Å². The first-order valence-corrected chi connectivity index (χ1v) is 9.87. The normalized spacial score (nSPS) is 11.8. The van der Waals surface area contributed by atoms with Crippen molar-refractivity contribution >= 4 is 81.3 Å². The summed E-state index contributed by atoms with van der Waals surface area (Å²) in [6.45, 7) is 0.628. The van der Waals surface area contributed by atoms with Crippen molar-refractivity contribution < 1.29 is 19.1 Å². The molecule has 0 saturated carbocycles. The van der Waals surface area contributed by atoms with E-state index in [0.29, 0.717) is 27.0 Å². The van der Waals surface area contributed by atoms with Gasteiger partial charge in [-0.1, -0.05) is 41.4 Å². The quantitative estimate of drug-likeness (QED) is 0.284. The van der Waals surface area contributed by atoms with E-state index in [1.54, 1.807) is 30.3 Å². The Morgan fingerprint density at radius 3 is 2.18 bits per heavy atom. The zero-order valence-electron chi connectivity index (χ0n) is 14.3. The minimum absolute atomic E-state index is 0.102. The Morgan fingerprint density at radius 2 is 1.61 bits per heavy atom. The topological polar surface area (TPSA) is 64.6 Å². The van der Waals surface area contributed by atoms with E-state index in [1.165, 1.54) is 13.0 Å². The molecule has 0 aromatic heterocycles. The van der Waals surface area contributed by atoms with Gasteiger partial charge in [-0.15, -0.1) is 34.8 Å². The van der Waals surface area contributed by atoms with Crippen LogP contribution in [0.15, 0.2) is 36.4 Å². The summed E-state index contributed by atoms with van der Waals surface area (Å²) in [4.78, 5) is 21.9. The van der Waals surface area contributed by atoms with Crippen LogP contribution in [0.1, 0.15) is 17.9 Å². The lowest BCUT2D eigenvalue weighted by Gasteiger charge is -2.21. The van der Waals surface area contributed by atoms with Gasteiger partial charge in [0.2, 0.25) is 0 Å². The molecular weight excluding hydrogens is 471 g/mol. The number of para-hydroxylation sites is 2. The number of alkyl halides is 3. The Balaban J connectivity index is 2.46. The van der Waals surface area contributed by atoms with Crippen LogP contribution in [0.4, 0.5) is 11.4 Å². The molecule has 2 aromatic carbocycles. The number of rotatable bonds is 7. The molecule has 2 aromatic rings. The van der Waals surface area contributed by atoms with Crippen LogP contribution in [-0.2, 0) is 14.3 Å². The Bertz CT molecular complexity index is 855. The second-order valence-electron chi connectivity index (χ2n) is 5.43. The molecule has 0 amide bonds. The summed E-state index contributed by atoms with van der Waals surface area (Å²) in [5, 5.41) is 2.86. The van der Waals surface area contributed by atoms with Crippen molar-refractivity contribution in [2.45, 2.75) is 17.1 Å². The lowest BCUT2D eigenvalue weighted by Crippen LogP contribution is -2.18. The van der Waals surface area contributed by atoms with E-state index in [2.05, 4.69) is 10.1 Å². The molecule has 5 nitrogen and oxygen atoms in total. The molecule has 0 bridgehead atoms. The lowest BCUT2D eigenvalue weighted by atomic mass is 10.1. The molecule has 1 atom stereocenters. The summed E-state index contributed by atoms with van der Waals surface area (Å²) in [6.07, 6.45) is 0. The van der Waals surface area contributed by atoms with Gasteiger partial charge in [0.25, 0.3) is 0 Å². The first-order chi connectivity index (χ1) is 13.2. The number of carbonyl (C=O) groups is 2. The van der Waals surface area contributed by atoms with Gasteiger partial charge >= 0.3 is 11.9 Å². The molecule has 0 fully saturated rings. The molecule has 10 heteroatoms. The van der Waals surface area contributed by atoms with Gasteiger partial charge in [0, 0.05) is 12.5 Å². The third kappa shape index (κ3) is 6.06. The van der Waals surface area contributed by atoms with Crippen molar-refractivity contribution in [3.63, 3.8) is 0 Å². The van der Waals surface area contributed by atoms with Gasteiger partial charge in [0.1, 0.15) is 4.84 Å². The Kier molecular flexibility index (Phi) is 8.53. The Labute approximate surface area is 186 Å². The molecule has 0 radical (unpaired) electrons. The number of ether oxygens (including phenoxy) is 2. The summed E-state index contributed by atoms with van der Waals surface area (Å²) < 4.78 is 9.95. The predicted octanol–water partition coefficient (Wildman–Crippen LogP) is 6.29. The average molecular weight is 486 g/mol. The van der Waals surface area contributed by atoms with Crippen LogP contribution in [0, 0.1) is 0 Å². The highest BCUT2D eigenvalue weighted by atomic mass is 35.5. The molecule has 2 rings (SSSR count). The number of benzene rings is 2. The SMILES string of the molecule is CC(=O)OCC(=O)Oc1cccc(C(Cl)C(Cl)Cl)c1Nc1c(Cl)cccc1Cl. The van der Waals surface area contributed by atoms with Crippen molar-refractivity contribution in [2.24, 2.45) is 0 Å². The van der Waals surface area contributed by atoms with Gasteiger partial charge in [-0.3, -0.25) is 4.79 Å². The number of hydrogen-bond acceptors (Lipinski definition) is 5. The van der Waals surface area contributed by atoms with Crippen LogP contribution < -0.4 is 10.1 Å². The van der Waals surface area contributed by atoms with Crippen molar-refractivity contribution in [2.75, 3.05) is 11.9 Å². The number of nitrogens with one attached hydrogen (secondary N) is 1. The highest BCUT2D eigenvalue weighted by molar-refractivity contribution is 6.48. The van der Waals surface area contributed by atoms with Gasteiger partial charge in [-0.2, -0.15) is 0 Å². The molecule has 0 aliphatic rings. The van der Waals surface area contributed by atoms with Crippen LogP contribution in [0.25, 0.3) is 0 Å². The highest BCUT2D eigenvalue weighted by Crippen LogP contribution is 2.43. The standard InChI is InChI=1S/C18H14Cl5NO4/c1-9(25)27-8-14(26)28-13-7-2-4-10(15(21)18(22)23)16(13)24-17-11(19)5-3-6-12(17)20/h2-7,15,18,24H,8H2,1H3. The first-order valence-electron chi connectivity index (χ1n) is 7.81. The van der Waals surface area contributed by atoms with E-state index >= 15 is 0 Å². The monoisotopic (exact) mass is 483 g/mol. The number of halogens is 5. The molecule has 0 heterocycles. The van der Waals surface area contributed by atoms with Crippen LogP contribution in [0.3, 0.4) is 0 Å². The van der Waals surface area contributed by atoms with E-state index in [9.17, 15) is 9.59 Å². The summed E-state index contributed by atoms with van der Waals surface area (Å²) in [6, 6.07) is 9.73. The van der Waals surface area contributed by atoms with E-state index < -0.39 is 28.8 Å². The van der Waals surface area contributed by atoms with E-state index in [-0.39, 0.29) is 5.75 Å². The molecule has 150 valence electrons. The molecule has 0 aliphatic heterocycles. The van der Waals surface area contributed by atoms with Crippen LogP contribution in [-0.4, -0.2) is 23.4 Å². The van der Waals surface area contributed by atoms with Crippen molar-refractivity contribution in [1.29, 1.82) is 0 Å². The number of hydrogen-bond donors (Lipinski definition) is 1. The van der Waals surface area contributed by atoms with E-state index in [4.69, 9.17) is 62.7 Å². The summed E-state index contributed by atoms with van der Waals surface area (Å²) >= 11 is 30.6. The average Bonchev–Trinajstić information content (AvgIpc) is 2.63. The maximum atomic E-state index is 12.0. The minimum Gasteiger partial charge on any atom is -0.454 e. The largest absolute Gasteiger partial charge is 0.454 e. The summed E-state index contributed by atoms with van der Waals surface area (Å²) in [5.41, 5.74) is 1.12. The maximum absolute atomic E-state index is 12.0. The lowest BCUT2D eigenvalue weighted by molar-refractivity contribution is -0.151. The Morgan fingerprint density at radius 1 is 1.00 bits per heavy atom. The Hall–Kier alpha value is -1.37. The van der Waals surface area contributed by atoms with Crippen molar-refractivity contribution in [3.05, 3.63) is 52.0 Å². The summed E-state index contributed by atoms with van der Waals surface area (Å²) in [5.74, 6) is -1.30. The maximum Gasteiger partial charge on any atom is 0.349 e. The first kappa shape index (κ1) is 22.9. The van der Waals surface area contributed by atoms with Gasteiger partial charge in [-0.05, 0) is 18.2 Å². The fourth-order valence-corrected chi connectivity index (χ4v) is 3.13. The fourth-order valence-electron chi connectivity index (χ4n) is 2.19. The van der Waals surface area contributed by atoms with Crippen molar-refractivity contribution in [1.82, 2.24) is 0 Å². The second-order valence-corrected chi connectivity index (χ2v) is 7.88. The van der Waals surface area contributed by atoms with E-state index in [0.717, 1.165) is 0 Å². The molecule has 1 N–H and O–H groups in total. The fraction of sp³-hybridized carbons (Fsp3) is 0.222. The van der Waals surface area contributed by atoms with Crippen LogP contribution >= 0.6 is 58.0 Å². The third-order valence-corrected chi connectivity index (χ3v) is 5.29. The minimum atomic E-state index is -0.948. The number of carbonyl (C=O) groups excluding carboxylic acids is 2. The number of esters is 2. The van der Waals surface area contributed by atoms with Crippen molar-refractivity contribution in [3.8, 4) is 5.75 Å². The van der Waals surface area contributed by atoms with Crippen LogP contribution in [0.2, 0.25) is 10.0 Å². The van der Waals surface area contributed by atoms with Gasteiger partial charge < -0.3 is 14.8 Å². The van der Waals surface area contributed by atoms with Gasteiger partial charge in [-0.25, -0.2) is 4.79 Å². The predicted molar refractivity (Wildman–Crippen MR) is 113 cm³/mol. The van der Waals surface area contributed by atoms with Crippen LogP contribution in [0.5, 0.6) is 5.75 Å². The van der Waals surface area contributed by atoms with Gasteiger partial charge in [0.15, 0.2) is 12.4 Å². The summed E-state index contributed by atoms with van der Waals surface area (Å²) in [7, 11) is 0. The van der Waals surface area contributed by atoms with E-state index in [1.807, 2.05) is 0 Å². The molecular formula is C18H14Cl5NO4. The zero-order valence-corrected chi connectivity index (χ0v) is 18.1. The molecule has 0 spiro atoms. The molecule has 1 unspecified atom stereocenters. The second kappa shape index (κ2) is 10.4. The number of anilines is 2. The molecule has 0 saturated heterocycles. The molecule has 28 heavy (non-hydrogen) atoms. The smallest absolute Gasteiger partial charge is 0.349 e. The zero-order chi connectivity index (χ0) is 20.8. The highest BCUT2D eigenvalue weighted by Gasteiger charge is 2.24.